The predicted octanol–water partition coefficient (Wildman–Crippen LogP) is 6.53. The van der Waals surface area contributed by atoms with Gasteiger partial charge in [-0.05, 0) is 30.6 Å². The fraction of sp³-hybridized carbons (Fsp3) is 0.550. The Morgan fingerprint density at radius 2 is 1.73 bits per heavy atom. The summed E-state index contributed by atoms with van der Waals surface area (Å²) >= 11 is 1.76. The van der Waals surface area contributed by atoms with Crippen LogP contribution in [0.5, 0.6) is 0 Å². The van der Waals surface area contributed by atoms with Crippen LogP contribution in [0.3, 0.4) is 0 Å². The van der Waals surface area contributed by atoms with Crippen molar-refractivity contribution in [3.8, 4) is 0 Å². The summed E-state index contributed by atoms with van der Waals surface area (Å²) in [5, 5.41) is 2.92. The Labute approximate surface area is 158 Å². The summed E-state index contributed by atoms with van der Waals surface area (Å²) in [6.07, 6.45) is 5.16. The minimum Gasteiger partial charge on any atom is -0.325 e. The molecule has 0 fully saturated rings. The number of halogens is 3. The second-order valence-electron chi connectivity index (χ2n) is 6.71. The lowest BCUT2D eigenvalue weighted by atomic mass is 10.0. The van der Waals surface area contributed by atoms with Gasteiger partial charge in [0.05, 0.1) is 5.92 Å². The van der Waals surface area contributed by atoms with Gasteiger partial charge in [-0.1, -0.05) is 40.2 Å². The van der Waals surface area contributed by atoms with Crippen LogP contribution in [0.15, 0.2) is 23.1 Å². The molecule has 0 spiro atoms. The molecular formula is C20H28F3NOS. The standard InChI is InChI=1S/C20H28F3NOS/c1-6-12(3)8-16(7-2)26-14(5)9-13(4)20(25)24-15-10-17(21)19(23)18(22)11-15/h9-13,16H,6-8H2,1-5H3,(H,24,25)/b14-9+. The molecule has 2 nitrogen and oxygen atoms in total. The smallest absolute Gasteiger partial charge is 0.231 e. The molecule has 3 atom stereocenters. The minimum absolute atomic E-state index is 0.0971. The number of thioether (sulfide) groups is 1. The monoisotopic (exact) mass is 387 g/mol. The van der Waals surface area contributed by atoms with E-state index in [0.29, 0.717) is 11.2 Å². The number of carbonyl (C=O) groups is 1. The molecule has 1 aromatic carbocycles. The van der Waals surface area contributed by atoms with Crippen LogP contribution in [0.4, 0.5) is 18.9 Å². The van der Waals surface area contributed by atoms with Crippen LogP contribution in [-0.4, -0.2) is 11.2 Å². The van der Waals surface area contributed by atoms with Crippen molar-refractivity contribution in [1.82, 2.24) is 0 Å². The van der Waals surface area contributed by atoms with Gasteiger partial charge in [-0.15, -0.1) is 11.8 Å². The summed E-state index contributed by atoms with van der Waals surface area (Å²) in [7, 11) is 0. The quantitative estimate of drug-likeness (QED) is 0.488. The van der Waals surface area contributed by atoms with E-state index in [1.807, 2.05) is 13.0 Å². The van der Waals surface area contributed by atoms with Gasteiger partial charge in [0.25, 0.3) is 0 Å². The number of anilines is 1. The van der Waals surface area contributed by atoms with Crippen molar-refractivity contribution in [1.29, 1.82) is 0 Å². The lowest BCUT2D eigenvalue weighted by molar-refractivity contribution is -0.118. The molecule has 0 aliphatic rings. The van der Waals surface area contributed by atoms with E-state index >= 15 is 0 Å². The Kier molecular flexibility index (Phi) is 9.27. The van der Waals surface area contributed by atoms with E-state index in [1.165, 1.54) is 0 Å². The number of hydrogen-bond donors (Lipinski definition) is 1. The lowest BCUT2D eigenvalue weighted by Gasteiger charge is -2.19. The molecule has 3 unspecified atom stereocenters. The van der Waals surface area contributed by atoms with E-state index in [1.54, 1.807) is 18.7 Å². The van der Waals surface area contributed by atoms with Gasteiger partial charge in [0.2, 0.25) is 5.91 Å². The molecule has 0 aromatic heterocycles. The summed E-state index contributed by atoms with van der Waals surface area (Å²) in [5.41, 5.74) is -0.0971. The highest BCUT2D eigenvalue weighted by molar-refractivity contribution is 8.03. The molecule has 26 heavy (non-hydrogen) atoms. The van der Waals surface area contributed by atoms with Crippen LogP contribution >= 0.6 is 11.8 Å². The van der Waals surface area contributed by atoms with E-state index < -0.39 is 29.3 Å². The Morgan fingerprint density at radius 3 is 2.23 bits per heavy atom. The number of amides is 1. The molecule has 0 saturated heterocycles. The van der Waals surface area contributed by atoms with E-state index in [2.05, 4.69) is 26.1 Å². The lowest BCUT2D eigenvalue weighted by Crippen LogP contribution is -2.19. The van der Waals surface area contributed by atoms with Crippen LogP contribution in [-0.2, 0) is 4.79 Å². The third kappa shape index (κ3) is 7.06. The van der Waals surface area contributed by atoms with Crippen molar-refractivity contribution >= 4 is 23.4 Å². The van der Waals surface area contributed by atoms with Crippen molar-refractivity contribution in [2.45, 2.75) is 59.1 Å². The van der Waals surface area contributed by atoms with Gasteiger partial charge in [-0.25, -0.2) is 13.2 Å². The number of benzene rings is 1. The van der Waals surface area contributed by atoms with Crippen molar-refractivity contribution in [2.24, 2.45) is 11.8 Å². The first-order chi connectivity index (χ1) is 12.2. The predicted molar refractivity (Wildman–Crippen MR) is 104 cm³/mol. The molecule has 146 valence electrons. The van der Waals surface area contributed by atoms with Gasteiger partial charge in [-0.3, -0.25) is 4.79 Å². The largest absolute Gasteiger partial charge is 0.325 e. The molecule has 1 amide bonds. The van der Waals surface area contributed by atoms with Gasteiger partial charge >= 0.3 is 0 Å². The number of allylic oxidation sites excluding steroid dienone is 1. The molecule has 6 heteroatoms. The summed E-state index contributed by atoms with van der Waals surface area (Å²) in [6, 6.07) is 1.54. The first-order valence-corrected chi connectivity index (χ1v) is 9.86. The zero-order valence-corrected chi connectivity index (χ0v) is 16.9. The van der Waals surface area contributed by atoms with Crippen LogP contribution in [0.1, 0.15) is 53.9 Å². The first-order valence-electron chi connectivity index (χ1n) is 8.98. The molecular weight excluding hydrogens is 359 g/mol. The van der Waals surface area contributed by atoms with Crippen LogP contribution in [0.2, 0.25) is 0 Å². The second kappa shape index (κ2) is 10.7. The molecule has 1 N–H and O–H groups in total. The van der Waals surface area contributed by atoms with E-state index in [-0.39, 0.29) is 5.69 Å². The number of hydrogen-bond acceptors (Lipinski definition) is 2. The van der Waals surface area contributed by atoms with Gasteiger partial charge in [0, 0.05) is 23.1 Å². The van der Waals surface area contributed by atoms with Gasteiger partial charge in [0.1, 0.15) is 0 Å². The molecule has 0 bridgehead atoms. The Morgan fingerprint density at radius 1 is 1.15 bits per heavy atom. The van der Waals surface area contributed by atoms with Gasteiger partial charge in [0.15, 0.2) is 17.5 Å². The topological polar surface area (TPSA) is 29.1 Å². The summed E-state index contributed by atoms with van der Waals surface area (Å²) in [6.45, 7) is 10.2. The number of nitrogens with one attached hydrogen (secondary N) is 1. The molecule has 1 rings (SSSR count). The van der Waals surface area contributed by atoms with Gasteiger partial charge in [-0.2, -0.15) is 0 Å². The summed E-state index contributed by atoms with van der Waals surface area (Å²) in [4.78, 5) is 13.3. The molecule has 0 saturated carbocycles. The SMILES string of the molecule is CCC(C)CC(CC)S/C(C)=C/C(C)C(=O)Nc1cc(F)c(F)c(F)c1. The van der Waals surface area contributed by atoms with Gasteiger partial charge < -0.3 is 5.32 Å². The second-order valence-corrected chi connectivity index (χ2v) is 8.25. The van der Waals surface area contributed by atoms with Crippen molar-refractivity contribution in [3.05, 3.63) is 40.6 Å². The third-order valence-electron chi connectivity index (χ3n) is 4.32. The zero-order valence-electron chi connectivity index (χ0n) is 16.0. The molecule has 0 heterocycles. The maximum Gasteiger partial charge on any atom is 0.231 e. The van der Waals surface area contributed by atoms with E-state index in [4.69, 9.17) is 0 Å². The Balaban J connectivity index is 2.71. The maximum atomic E-state index is 13.2. The van der Waals surface area contributed by atoms with E-state index in [9.17, 15) is 18.0 Å². The maximum absolute atomic E-state index is 13.2. The fourth-order valence-corrected chi connectivity index (χ4v) is 3.93. The van der Waals surface area contributed by atoms with Crippen LogP contribution < -0.4 is 5.32 Å². The molecule has 1 aromatic rings. The van der Waals surface area contributed by atoms with Crippen molar-refractivity contribution in [2.75, 3.05) is 5.32 Å². The molecule has 0 radical (unpaired) electrons. The van der Waals surface area contributed by atoms with E-state index in [0.717, 1.165) is 36.3 Å². The average Bonchev–Trinajstić information content (AvgIpc) is 2.58. The number of rotatable bonds is 9. The molecule has 0 aliphatic carbocycles. The number of carbonyl (C=O) groups excluding carboxylic acids is 1. The van der Waals surface area contributed by atoms with Crippen LogP contribution in [0, 0.1) is 29.3 Å². The summed E-state index contributed by atoms with van der Waals surface area (Å²) < 4.78 is 39.4. The Bertz CT molecular complexity index is 625. The highest BCUT2D eigenvalue weighted by Gasteiger charge is 2.17. The third-order valence-corrected chi connectivity index (χ3v) is 5.69. The highest BCUT2D eigenvalue weighted by atomic mass is 32.2. The molecule has 0 aliphatic heterocycles. The summed E-state index contributed by atoms with van der Waals surface area (Å²) in [5.74, 6) is -4.42. The normalized spacial score (nSPS) is 15.5. The minimum atomic E-state index is -1.55. The van der Waals surface area contributed by atoms with Crippen molar-refractivity contribution in [3.63, 3.8) is 0 Å². The highest BCUT2D eigenvalue weighted by Crippen LogP contribution is 2.30. The fourth-order valence-electron chi connectivity index (χ4n) is 2.53. The van der Waals surface area contributed by atoms with Crippen molar-refractivity contribution < 1.29 is 18.0 Å². The average molecular weight is 388 g/mol. The van der Waals surface area contributed by atoms with Crippen LogP contribution in [0.25, 0.3) is 0 Å². The first kappa shape index (κ1) is 22.6. The zero-order chi connectivity index (χ0) is 19.9. The Hall–Kier alpha value is -1.43.